The van der Waals surface area contributed by atoms with E-state index in [1.54, 1.807) is 0 Å². The number of carbonyl (C=O) groups excluding carboxylic acids is 1. The summed E-state index contributed by atoms with van der Waals surface area (Å²) >= 11 is 5.93. The lowest BCUT2D eigenvalue weighted by Gasteiger charge is -2.45. The predicted octanol–water partition coefficient (Wildman–Crippen LogP) is 4.16. The molecule has 3 aliphatic heterocycles. The number of piperidine rings is 2. The van der Waals surface area contributed by atoms with Crippen molar-refractivity contribution in [2.24, 2.45) is 5.92 Å². The molecule has 0 radical (unpaired) electrons. The number of rotatable bonds is 4. The molecule has 1 spiro atoms. The van der Waals surface area contributed by atoms with Gasteiger partial charge in [-0.3, -0.25) is 4.79 Å². The monoisotopic (exact) mass is 404 g/mol. The minimum atomic E-state index is 0.201. The Balaban J connectivity index is 1.18. The number of likely N-dealkylation sites (tertiary alicyclic amines) is 2. The number of hydrogen-bond donors (Lipinski definition) is 0. The van der Waals surface area contributed by atoms with Crippen LogP contribution >= 0.6 is 11.6 Å². The van der Waals surface area contributed by atoms with E-state index in [0.717, 1.165) is 49.0 Å². The molecule has 154 valence electrons. The third-order valence-corrected chi connectivity index (χ3v) is 7.21. The van der Waals surface area contributed by atoms with Crippen molar-refractivity contribution >= 4 is 17.5 Å². The average Bonchev–Trinajstić information content (AvgIpc) is 2.73. The summed E-state index contributed by atoms with van der Waals surface area (Å²) < 4.78 is 6.16. The summed E-state index contributed by atoms with van der Waals surface area (Å²) in [6.45, 7) is 6.30. The first-order chi connectivity index (χ1) is 13.6. The van der Waals surface area contributed by atoms with Gasteiger partial charge in [0.25, 0.3) is 0 Å². The molecule has 28 heavy (non-hydrogen) atoms. The largest absolute Gasteiger partial charge is 0.375 e. The lowest BCUT2D eigenvalue weighted by Crippen LogP contribution is -2.49. The Hall–Kier alpha value is -1.10. The Labute approximate surface area is 174 Å². The SMILES string of the molecule is O=C(Cc1ccc(Cl)cc1)N1CCC(CN2CCC3(CCCCO3)CC2)CC1. The molecule has 0 aliphatic carbocycles. The molecule has 0 aromatic heterocycles. The highest BCUT2D eigenvalue weighted by Crippen LogP contribution is 2.35. The van der Waals surface area contributed by atoms with Crippen LogP contribution in [0.3, 0.4) is 0 Å². The fourth-order valence-electron chi connectivity index (χ4n) is 5.07. The number of halogens is 1. The topological polar surface area (TPSA) is 32.8 Å². The van der Waals surface area contributed by atoms with Gasteiger partial charge in [0.15, 0.2) is 0 Å². The van der Waals surface area contributed by atoms with Crippen LogP contribution in [-0.4, -0.2) is 60.6 Å². The zero-order valence-corrected chi connectivity index (χ0v) is 17.6. The van der Waals surface area contributed by atoms with Gasteiger partial charge in [-0.1, -0.05) is 23.7 Å². The maximum atomic E-state index is 12.6. The number of ether oxygens (including phenoxy) is 1. The molecule has 0 saturated carbocycles. The van der Waals surface area contributed by atoms with Crippen molar-refractivity contribution in [3.63, 3.8) is 0 Å². The summed E-state index contributed by atoms with van der Waals surface area (Å²) in [4.78, 5) is 17.3. The van der Waals surface area contributed by atoms with Crippen molar-refractivity contribution in [2.45, 2.75) is 57.0 Å². The van der Waals surface area contributed by atoms with Gasteiger partial charge in [-0.25, -0.2) is 0 Å². The number of hydrogen-bond acceptors (Lipinski definition) is 3. The molecule has 4 rings (SSSR count). The fourth-order valence-corrected chi connectivity index (χ4v) is 5.19. The molecule has 5 heteroatoms. The van der Waals surface area contributed by atoms with E-state index in [0.29, 0.717) is 6.42 Å². The van der Waals surface area contributed by atoms with Crippen LogP contribution in [0, 0.1) is 5.92 Å². The van der Waals surface area contributed by atoms with Crippen LogP contribution in [0.5, 0.6) is 0 Å². The molecule has 0 unspecified atom stereocenters. The van der Waals surface area contributed by atoms with E-state index in [2.05, 4.69) is 4.90 Å². The van der Waals surface area contributed by atoms with Crippen molar-refractivity contribution in [2.75, 3.05) is 39.3 Å². The van der Waals surface area contributed by atoms with Crippen LogP contribution in [0.2, 0.25) is 5.02 Å². The number of nitrogens with zero attached hydrogens (tertiary/aromatic N) is 2. The highest BCUT2D eigenvalue weighted by molar-refractivity contribution is 6.30. The van der Waals surface area contributed by atoms with Crippen molar-refractivity contribution in [3.05, 3.63) is 34.9 Å². The van der Waals surface area contributed by atoms with Crippen molar-refractivity contribution in [1.29, 1.82) is 0 Å². The second-order valence-corrected chi connectivity index (χ2v) is 9.35. The lowest BCUT2D eigenvalue weighted by atomic mass is 9.84. The van der Waals surface area contributed by atoms with Crippen molar-refractivity contribution < 1.29 is 9.53 Å². The zero-order chi connectivity index (χ0) is 19.4. The van der Waals surface area contributed by atoms with Crippen LogP contribution in [-0.2, 0) is 16.0 Å². The van der Waals surface area contributed by atoms with Gasteiger partial charge >= 0.3 is 0 Å². The van der Waals surface area contributed by atoms with Crippen LogP contribution in [0.4, 0.5) is 0 Å². The summed E-state index contributed by atoms with van der Waals surface area (Å²) in [5.41, 5.74) is 1.25. The average molecular weight is 405 g/mol. The van der Waals surface area contributed by atoms with Gasteiger partial charge in [-0.2, -0.15) is 0 Å². The number of amides is 1. The molecule has 1 aromatic carbocycles. The second-order valence-electron chi connectivity index (χ2n) is 8.92. The molecule has 3 heterocycles. The van der Waals surface area contributed by atoms with Crippen LogP contribution in [0.25, 0.3) is 0 Å². The molecule has 0 bridgehead atoms. The predicted molar refractivity (Wildman–Crippen MR) is 113 cm³/mol. The zero-order valence-electron chi connectivity index (χ0n) is 16.9. The van der Waals surface area contributed by atoms with Gasteiger partial charge in [0.05, 0.1) is 12.0 Å². The maximum Gasteiger partial charge on any atom is 0.226 e. The summed E-state index contributed by atoms with van der Waals surface area (Å²) in [6.07, 6.45) is 8.97. The Morgan fingerprint density at radius 2 is 1.75 bits per heavy atom. The highest BCUT2D eigenvalue weighted by atomic mass is 35.5. The molecule has 0 N–H and O–H groups in total. The standard InChI is InChI=1S/C23H33ClN2O2/c24-21-5-3-19(4-6-21)17-22(27)26-12-7-20(8-13-26)18-25-14-10-23(11-15-25)9-1-2-16-28-23/h3-6,20H,1-2,7-18H2. The third-order valence-electron chi connectivity index (χ3n) is 6.95. The molecule has 4 nitrogen and oxygen atoms in total. The summed E-state index contributed by atoms with van der Waals surface area (Å²) in [5.74, 6) is 0.969. The van der Waals surface area contributed by atoms with Crippen LogP contribution < -0.4 is 0 Å². The van der Waals surface area contributed by atoms with Crippen molar-refractivity contribution in [1.82, 2.24) is 9.80 Å². The molecule has 1 amide bonds. The maximum absolute atomic E-state index is 12.6. The van der Waals surface area contributed by atoms with Gasteiger partial charge in [0.1, 0.15) is 0 Å². The summed E-state index contributed by atoms with van der Waals surface area (Å²) in [5, 5.41) is 0.718. The molecule has 3 fully saturated rings. The van der Waals surface area contributed by atoms with E-state index < -0.39 is 0 Å². The van der Waals surface area contributed by atoms with E-state index in [1.807, 2.05) is 29.2 Å². The molecule has 0 atom stereocenters. The second kappa shape index (κ2) is 9.15. The first-order valence-corrected chi connectivity index (χ1v) is 11.4. The van der Waals surface area contributed by atoms with E-state index in [9.17, 15) is 4.79 Å². The first kappa shape index (κ1) is 20.2. The molecule has 3 saturated heterocycles. The number of carbonyl (C=O) groups is 1. The number of benzene rings is 1. The van der Waals surface area contributed by atoms with Gasteiger partial charge in [-0.15, -0.1) is 0 Å². The van der Waals surface area contributed by atoms with Crippen molar-refractivity contribution in [3.8, 4) is 0 Å². The van der Waals surface area contributed by atoms with E-state index in [-0.39, 0.29) is 11.5 Å². The smallest absolute Gasteiger partial charge is 0.226 e. The first-order valence-electron chi connectivity index (χ1n) is 11.0. The molecule has 1 aromatic rings. The Morgan fingerprint density at radius 1 is 1.04 bits per heavy atom. The van der Waals surface area contributed by atoms with Gasteiger partial charge in [0, 0.05) is 44.4 Å². The highest BCUT2D eigenvalue weighted by Gasteiger charge is 2.37. The minimum Gasteiger partial charge on any atom is -0.375 e. The molecular weight excluding hydrogens is 372 g/mol. The molecular formula is C23H33ClN2O2. The Morgan fingerprint density at radius 3 is 2.39 bits per heavy atom. The van der Waals surface area contributed by atoms with Gasteiger partial charge < -0.3 is 14.5 Å². The third kappa shape index (κ3) is 5.08. The van der Waals surface area contributed by atoms with E-state index in [1.165, 1.54) is 51.7 Å². The quantitative estimate of drug-likeness (QED) is 0.755. The minimum absolute atomic E-state index is 0.201. The van der Waals surface area contributed by atoms with Crippen LogP contribution in [0.15, 0.2) is 24.3 Å². The lowest BCUT2D eigenvalue weighted by molar-refractivity contribution is -0.132. The van der Waals surface area contributed by atoms with E-state index >= 15 is 0 Å². The fraction of sp³-hybridized carbons (Fsp3) is 0.696. The normalized spacial score (nSPS) is 23.8. The Bertz CT molecular complexity index is 639. The van der Waals surface area contributed by atoms with Gasteiger partial charge in [0.2, 0.25) is 5.91 Å². The summed E-state index contributed by atoms with van der Waals surface area (Å²) in [7, 11) is 0. The van der Waals surface area contributed by atoms with Crippen LogP contribution in [0.1, 0.15) is 50.5 Å². The Kier molecular flexibility index (Phi) is 6.59. The van der Waals surface area contributed by atoms with Gasteiger partial charge in [-0.05, 0) is 68.6 Å². The summed E-state index contributed by atoms with van der Waals surface area (Å²) in [6, 6.07) is 7.62. The van der Waals surface area contributed by atoms with E-state index in [4.69, 9.17) is 16.3 Å². The molecule has 3 aliphatic rings.